The van der Waals surface area contributed by atoms with Gasteiger partial charge in [-0.05, 0) is 31.2 Å². The highest BCUT2D eigenvalue weighted by atomic mass is 32.2. The predicted octanol–water partition coefficient (Wildman–Crippen LogP) is 2.44. The van der Waals surface area contributed by atoms with Crippen LogP contribution in [0.3, 0.4) is 0 Å². The first-order chi connectivity index (χ1) is 10.6. The monoisotopic (exact) mass is 338 g/mol. The molecule has 0 radical (unpaired) electrons. The number of tetrazole rings is 1. The van der Waals surface area contributed by atoms with Gasteiger partial charge in [0.1, 0.15) is 0 Å². The second kappa shape index (κ2) is 6.31. The Balaban J connectivity index is 1.94. The van der Waals surface area contributed by atoms with Gasteiger partial charge in [-0.25, -0.2) is 4.68 Å². The van der Waals surface area contributed by atoms with E-state index in [2.05, 4.69) is 26.0 Å². The van der Waals surface area contributed by atoms with Gasteiger partial charge in [0.05, 0.1) is 17.0 Å². The highest BCUT2D eigenvalue weighted by Gasteiger charge is 2.22. The topological polar surface area (TPSA) is 98.7 Å². The molecule has 23 heavy (non-hydrogen) atoms. The number of hydrogen-bond donors (Lipinski definition) is 1. The molecule has 0 saturated carbocycles. The minimum Gasteiger partial charge on any atom is -0.338 e. The fourth-order valence-corrected chi connectivity index (χ4v) is 2.54. The molecule has 8 nitrogen and oxygen atoms in total. The van der Waals surface area contributed by atoms with Crippen molar-refractivity contribution in [1.29, 1.82) is 0 Å². The Kier molecular flexibility index (Phi) is 4.79. The van der Waals surface area contributed by atoms with Crippen molar-refractivity contribution in [3.8, 4) is 0 Å². The smallest absolute Gasteiger partial charge is 0.237 e. The number of carbonyl (C=O) groups is 1. The van der Waals surface area contributed by atoms with Crippen LogP contribution in [0.15, 0.2) is 15.7 Å². The zero-order chi connectivity index (χ0) is 17.3. The Bertz CT molecular complexity index is 680. The minimum atomic E-state index is -0.241. The van der Waals surface area contributed by atoms with E-state index in [1.807, 2.05) is 41.5 Å². The summed E-state index contributed by atoms with van der Waals surface area (Å²) in [5.41, 5.74) is 0.419. The Morgan fingerprint density at radius 1 is 1.30 bits per heavy atom. The molecule has 0 spiro atoms. The first kappa shape index (κ1) is 17.5. The molecule has 0 aromatic carbocycles. The molecule has 0 fully saturated rings. The van der Waals surface area contributed by atoms with Gasteiger partial charge < -0.3 is 4.52 Å². The van der Waals surface area contributed by atoms with Gasteiger partial charge in [-0.3, -0.25) is 10.1 Å². The predicted molar refractivity (Wildman–Crippen MR) is 87.4 cm³/mol. The summed E-state index contributed by atoms with van der Waals surface area (Å²) in [5.74, 6) is 0.327. The quantitative estimate of drug-likeness (QED) is 0.855. The van der Waals surface area contributed by atoms with Gasteiger partial charge in [-0.1, -0.05) is 37.7 Å². The van der Waals surface area contributed by atoms with Crippen molar-refractivity contribution in [1.82, 2.24) is 25.4 Å². The van der Waals surface area contributed by atoms with Gasteiger partial charge in [-0.2, -0.15) is 0 Å². The summed E-state index contributed by atoms with van der Waals surface area (Å²) >= 11 is 1.27. The van der Waals surface area contributed by atoms with Crippen LogP contribution in [0.5, 0.6) is 0 Å². The van der Waals surface area contributed by atoms with E-state index in [4.69, 9.17) is 4.52 Å². The molecule has 0 saturated heterocycles. The number of nitrogens with one attached hydrogen (secondary N) is 1. The van der Waals surface area contributed by atoms with E-state index in [0.29, 0.717) is 11.0 Å². The number of thioether (sulfide) groups is 1. The first-order valence-corrected chi connectivity index (χ1v) is 8.24. The molecule has 126 valence electrons. The van der Waals surface area contributed by atoms with E-state index in [1.165, 1.54) is 11.8 Å². The highest BCUT2D eigenvalue weighted by molar-refractivity contribution is 7.99. The average molecular weight is 338 g/mol. The summed E-state index contributed by atoms with van der Waals surface area (Å²) in [5, 5.41) is 18.8. The van der Waals surface area contributed by atoms with E-state index in [9.17, 15) is 4.79 Å². The molecule has 1 N–H and O–H groups in total. The molecule has 2 aromatic heterocycles. The molecule has 1 amide bonds. The zero-order valence-corrected chi connectivity index (χ0v) is 15.1. The number of anilines is 1. The maximum absolute atomic E-state index is 12.0. The van der Waals surface area contributed by atoms with Crippen LogP contribution in [-0.2, 0) is 15.7 Å². The molecular weight excluding hydrogens is 316 g/mol. The third-order valence-electron chi connectivity index (χ3n) is 2.95. The van der Waals surface area contributed by atoms with E-state index < -0.39 is 0 Å². The number of amides is 1. The fraction of sp³-hybridized carbons (Fsp3) is 0.643. The lowest BCUT2D eigenvalue weighted by Crippen LogP contribution is -2.24. The molecule has 9 heteroatoms. The maximum atomic E-state index is 12.0. The van der Waals surface area contributed by atoms with Crippen molar-refractivity contribution in [2.24, 2.45) is 0 Å². The van der Waals surface area contributed by atoms with E-state index in [0.717, 1.165) is 5.69 Å². The standard InChI is InChI=1S/C14H22N6O2S/c1-13(2,3)9-7-11(22-17-9)15-10(21)8-23-12-16-18-19-20(12)14(4,5)6/h7H,8H2,1-6H3,(H,15,21). The maximum Gasteiger partial charge on any atom is 0.237 e. The third kappa shape index (κ3) is 4.54. The first-order valence-electron chi connectivity index (χ1n) is 7.26. The van der Waals surface area contributed by atoms with Crippen LogP contribution in [-0.4, -0.2) is 37.0 Å². The van der Waals surface area contributed by atoms with Crippen LogP contribution < -0.4 is 5.32 Å². The summed E-state index contributed by atoms with van der Waals surface area (Å²) in [6.45, 7) is 12.1. The van der Waals surface area contributed by atoms with Crippen molar-refractivity contribution in [3.05, 3.63) is 11.8 Å². The van der Waals surface area contributed by atoms with Crippen LogP contribution >= 0.6 is 11.8 Å². The number of hydrogen-bond acceptors (Lipinski definition) is 7. The van der Waals surface area contributed by atoms with Crippen LogP contribution in [0.1, 0.15) is 47.2 Å². The van der Waals surface area contributed by atoms with Gasteiger partial charge in [0.2, 0.25) is 16.9 Å². The number of carbonyl (C=O) groups excluding carboxylic acids is 1. The summed E-state index contributed by atoms with van der Waals surface area (Å²) < 4.78 is 6.83. The number of rotatable bonds is 4. The molecular formula is C14H22N6O2S. The second-order valence-corrected chi connectivity index (χ2v) is 8.15. The van der Waals surface area contributed by atoms with Crippen LogP contribution in [0.4, 0.5) is 5.88 Å². The molecule has 0 aliphatic rings. The van der Waals surface area contributed by atoms with Gasteiger partial charge >= 0.3 is 0 Å². The molecule has 0 bridgehead atoms. The van der Waals surface area contributed by atoms with Crippen molar-refractivity contribution >= 4 is 23.6 Å². The van der Waals surface area contributed by atoms with Gasteiger partial charge in [0, 0.05) is 11.5 Å². The van der Waals surface area contributed by atoms with Gasteiger partial charge in [0.25, 0.3) is 0 Å². The Hall–Kier alpha value is -1.90. The second-order valence-electron chi connectivity index (χ2n) is 7.21. The summed E-state index contributed by atoms with van der Waals surface area (Å²) in [7, 11) is 0. The minimum absolute atomic E-state index is 0.129. The molecule has 0 aliphatic heterocycles. The van der Waals surface area contributed by atoms with Crippen molar-refractivity contribution in [3.63, 3.8) is 0 Å². The van der Waals surface area contributed by atoms with E-state index in [-0.39, 0.29) is 22.6 Å². The summed E-state index contributed by atoms with van der Waals surface area (Å²) in [4.78, 5) is 12.0. The fourth-order valence-electron chi connectivity index (χ4n) is 1.68. The Morgan fingerprint density at radius 2 is 2.00 bits per heavy atom. The molecule has 0 aliphatic carbocycles. The highest BCUT2D eigenvalue weighted by Crippen LogP contribution is 2.24. The van der Waals surface area contributed by atoms with Gasteiger partial charge in [0.15, 0.2) is 0 Å². The summed E-state index contributed by atoms with van der Waals surface area (Å²) in [6.07, 6.45) is 0. The Morgan fingerprint density at radius 3 is 2.57 bits per heavy atom. The molecule has 2 rings (SSSR count). The van der Waals surface area contributed by atoms with Crippen molar-refractivity contribution in [2.75, 3.05) is 11.1 Å². The summed E-state index contributed by atoms with van der Waals surface area (Å²) in [6, 6.07) is 1.74. The van der Waals surface area contributed by atoms with Crippen LogP contribution in [0, 0.1) is 0 Å². The van der Waals surface area contributed by atoms with Crippen molar-refractivity contribution in [2.45, 2.75) is 57.7 Å². The molecule has 0 atom stereocenters. The van der Waals surface area contributed by atoms with E-state index >= 15 is 0 Å². The third-order valence-corrected chi connectivity index (χ3v) is 3.87. The van der Waals surface area contributed by atoms with Crippen LogP contribution in [0.25, 0.3) is 0 Å². The number of nitrogens with zero attached hydrogens (tertiary/aromatic N) is 5. The largest absolute Gasteiger partial charge is 0.338 e. The molecule has 0 unspecified atom stereocenters. The van der Waals surface area contributed by atoms with Crippen LogP contribution in [0.2, 0.25) is 0 Å². The normalized spacial score (nSPS) is 12.4. The average Bonchev–Trinajstić information content (AvgIpc) is 3.03. The van der Waals surface area contributed by atoms with E-state index in [1.54, 1.807) is 10.7 Å². The number of aromatic nitrogens is 5. The lowest BCUT2D eigenvalue weighted by molar-refractivity contribution is -0.113. The van der Waals surface area contributed by atoms with Gasteiger partial charge in [-0.15, -0.1) is 5.10 Å². The SMILES string of the molecule is CC(C)(C)c1cc(NC(=O)CSc2nnnn2C(C)(C)C)on1. The Labute approximate surface area is 139 Å². The molecule has 2 heterocycles. The molecule has 2 aromatic rings. The zero-order valence-electron chi connectivity index (χ0n) is 14.2. The lowest BCUT2D eigenvalue weighted by Gasteiger charge is -2.19. The lowest BCUT2D eigenvalue weighted by atomic mass is 9.92. The van der Waals surface area contributed by atoms with Crippen molar-refractivity contribution < 1.29 is 9.32 Å².